The molecule has 0 saturated heterocycles. The molecule has 0 aliphatic rings. The van der Waals surface area contributed by atoms with E-state index in [-0.39, 0.29) is 0 Å². The Morgan fingerprint density at radius 3 is 2.25 bits per heavy atom. The van der Waals surface area contributed by atoms with Crippen molar-refractivity contribution >= 4 is 0 Å². The van der Waals surface area contributed by atoms with Gasteiger partial charge in [-0.3, -0.25) is 0 Å². The quantitative estimate of drug-likeness (QED) is 0.698. The number of nitrogens with one attached hydrogen (secondary N) is 1. The third kappa shape index (κ3) is 6.53. The fourth-order valence-electron chi connectivity index (χ4n) is 2.37. The van der Waals surface area contributed by atoms with Crippen molar-refractivity contribution in [2.24, 2.45) is 0 Å². The van der Waals surface area contributed by atoms with E-state index in [1.807, 2.05) is 0 Å². The molecule has 0 amide bonds. The van der Waals surface area contributed by atoms with Crippen molar-refractivity contribution in [2.45, 2.75) is 65.0 Å². The normalized spacial score (nSPS) is 14.2. The molecule has 0 radical (unpaired) electrons. The average molecular weight is 277 g/mol. The van der Waals surface area contributed by atoms with Crippen molar-refractivity contribution < 1.29 is 4.74 Å². The zero-order valence-electron chi connectivity index (χ0n) is 13.6. The van der Waals surface area contributed by atoms with Crippen LogP contribution in [0.5, 0.6) is 0 Å². The molecule has 0 heterocycles. The lowest BCUT2D eigenvalue weighted by atomic mass is 9.99. The molecule has 0 aliphatic heterocycles. The number of rotatable bonds is 10. The number of hydrogen-bond acceptors (Lipinski definition) is 2. The van der Waals surface area contributed by atoms with Crippen molar-refractivity contribution in [3.63, 3.8) is 0 Å². The van der Waals surface area contributed by atoms with Gasteiger partial charge in [-0.25, -0.2) is 0 Å². The van der Waals surface area contributed by atoms with E-state index >= 15 is 0 Å². The van der Waals surface area contributed by atoms with Gasteiger partial charge in [0.05, 0.1) is 6.10 Å². The number of methoxy groups -OCH3 is 1. The molecule has 0 saturated carbocycles. The third-order valence-corrected chi connectivity index (χ3v) is 3.92. The van der Waals surface area contributed by atoms with Gasteiger partial charge in [-0.1, -0.05) is 38.1 Å². The second-order valence-electron chi connectivity index (χ2n) is 5.65. The molecule has 1 aromatic carbocycles. The summed E-state index contributed by atoms with van der Waals surface area (Å²) < 4.78 is 5.36. The monoisotopic (exact) mass is 277 g/mol. The minimum Gasteiger partial charge on any atom is -0.382 e. The fourth-order valence-corrected chi connectivity index (χ4v) is 2.37. The van der Waals surface area contributed by atoms with Crippen LogP contribution >= 0.6 is 0 Å². The first kappa shape index (κ1) is 17.2. The lowest BCUT2D eigenvalue weighted by molar-refractivity contribution is 0.106. The summed E-state index contributed by atoms with van der Waals surface area (Å²) in [6.07, 6.45) is 6.05. The Kier molecular flexibility index (Phi) is 8.56. The molecule has 0 fully saturated rings. The highest BCUT2D eigenvalue weighted by atomic mass is 16.5. The van der Waals surface area contributed by atoms with E-state index < -0.39 is 0 Å². The molecule has 0 aromatic heterocycles. The lowest BCUT2D eigenvalue weighted by Crippen LogP contribution is -2.32. The molecule has 0 aliphatic carbocycles. The number of hydrogen-bond donors (Lipinski definition) is 1. The van der Waals surface area contributed by atoms with Gasteiger partial charge in [-0.05, 0) is 56.7 Å². The summed E-state index contributed by atoms with van der Waals surface area (Å²) in [5.74, 6) is 0. The molecule has 2 nitrogen and oxygen atoms in total. The van der Waals surface area contributed by atoms with Crippen molar-refractivity contribution in [2.75, 3.05) is 13.7 Å². The molecule has 20 heavy (non-hydrogen) atoms. The van der Waals surface area contributed by atoms with Crippen LogP contribution in [0.25, 0.3) is 0 Å². The van der Waals surface area contributed by atoms with Crippen molar-refractivity contribution in [1.82, 2.24) is 5.32 Å². The Morgan fingerprint density at radius 1 is 1.05 bits per heavy atom. The van der Waals surface area contributed by atoms with Gasteiger partial charge in [0.25, 0.3) is 0 Å². The SMILES string of the molecule is CCCNC(CCC(C)OC)Cc1ccc(CC)cc1. The van der Waals surface area contributed by atoms with Gasteiger partial charge in [0.15, 0.2) is 0 Å². The highest BCUT2D eigenvalue weighted by Crippen LogP contribution is 2.12. The zero-order valence-corrected chi connectivity index (χ0v) is 13.6. The fraction of sp³-hybridized carbons (Fsp3) is 0.667. The molecular weight excluding hydrogens is 246 g/mol. The summed E-state index contributed by atoms with van der Waals surface area (Å²) in [7, 11) is 1.79. The van der Waals surface area contributed by atoms with Crippen molar-refractivity contribution in [1.29, 1.82) is 0 Å². The van der Waals surface area contributed by atoms with E-state index in [9.17, 15) is 0 Å². The van der Waals surface area contributed by atoms with Crippen LogP contribution in [-0.4, -0.2) is 25.8 Å². The van der Waals surface area contributed by atoms with Crippen molar-refractivity contribution in [3.8, 4) is 0 Å². The third-order valence-electron chi connectivity index (χ3n) is 3.92. The molecule has 2 unspecified atom stereocenters. The predicted octanol–water partition coefficient (Wildman–Crippen LogP) is 3.97. The lowest BCUT2D eigenvalue weighted by Gasteiger charge is -2.20. The molecular formula is C18H31NO. The predicted molar refractivity (Wildman–Crippen MR) is 87.3 cm³/mol. The molecule has 2 heteroatoms. The Balaban J connectivity index is 2.53. The Hall–Kier alpha value is -0.860. The van der Waals surface area contributed by atoms with Crippen LogP contribution in [-0.2, 0) is 17.6 Å². The summed E-state index contributed by atoms with van der Waals surface area (Å²) in [5.41, 5.74) is 2.85. The molecule has 1 rings (SSSR count). The van der Waals surface area contributed by atoms with Crippen LogP contribution in [0.3, 0.4) is 0 Å². The van der Waals surface area contributed by atoms with Gasteiger partial charge in [0.2, 0.25) is 0 Å². The Bertz CT molecular complexity index is 347. The van der Waals surface area contributed by atoms with Crippen LogP contribution in [0.15, 0.2) is 24.3 Å². The maximum absolute atomic E-state index is 5.36. The molecule has 1 aromatic rings. The van der Waals surface area contributed by atoms with E-state index in [1.54, 1.807) is 7.11 Å². The molecule has 0 bridgehead atoms. The van der Waals surface area contributed by atoms with Gasteiger partial charge in [-0.2, -0.15) is 0 Å². The first-order valence-electron chi connectivity index (χ1n) is 8.03. The summed E-state index contributed by atoms with van der Waals surface area (Å²) in [6.45, 7) is 7.66. The van der Waals surface area contributed by atoms with E-state index in [0.29, 0.717) is 12.1 Å². The van der Waals surface area contributed by atoms with Gasteiger partial charge >= 0.3 is 0 Å². The Labute approximate surface area is 124 Å². The topological polar surface area (TPSA) is 21.3 Å². The van der Waals surface area contributed by atoms with Crippen LogP contribution in [0.1, 0.15) is 51.2 Å². The summed E-state index contributed by atoms with van der Waals surface area (Å²) in [5, 5.41) is 3.67. The molecule has 0 spiro atoms. The van der Waals surface area contributed by atoms with Crippen LogP contribution < -0.4 is 5.32 Å². The average Bonchev–Trinajstić information content (AvgIpc) is 2.50. The molecule has 1 N–H and O–H groups in total. The maximum Gasteiger partial charge on any atom is 0.0543 e. The first-order chi connectivity index (χ1) is 9.69. The zero-order chi connectivity index (χ0) is 14.8. The van der Waals surface area contributed by atoms with E-state index in [4.69, 9.17) is 4.74 Å². The first-order valence-corrected chi connectivity index (χ1v) is 8.03. The number of benzene rings is 1. The second kappa shape index (κ2) is 9.95. The van der Waals surface area contributed by atoms with E-state index in [1.165, 1.54) is 24.0 Å². The molecule has 2 atom stereocenters. The van der Waals surface area contributed by atoms with Crippen LogP contribution in [0.2, 0.25) is 0 Å². The second-order valence-corrected chi connectivity index (χ2v) is 5.65. The van der Waals surface area contributed by atoms with Crippen molar-refractivity contribution in [3.05, 3.63) is 35.4 Å². The van der Waals surface area contributed by atoms with E-state index in [2.05, 4.69) is 50.4 Å². The summed E-state index contributed by atoms with van der Waals surface area (Å²) in [4.78, 5) is 0. The van der Waals surface area contributed by atoms with Gasteiger partial charge in [0, 0.05) is 13.2 Å². The van der Waals surface area contributed by atoms with Gasteiger partial charge in [0.1, 0.15) is 0 Å². The van der Waals surface area contributed by atoms with Gasteiger partial charge in [-0.15, -0.1) is 0 Å². The standard InChI is InChI=1S/C18H31NO/c1-5-13-19-18(12-7-15(3)20-4)14-17-10-8-16(6-2)9-11-17/h8-11,15,18-19H,5-7,12-14H2,1-4H3. The van der Waals surface area contributed by atoms with Crippen LogP contribution in [0.4, 0.5) is 0 Å². The largest absolute Gasteiger partial charge is 0.382 e. The highest BCUT2D eigenvalue weighted by Gasteiger charge is 2.11. The minimum atomic E-state index is 0.350. The Morgan fingerprint density at radius 2 is 1.70 bits per heavy atom. The highest BCUT2D eigenvalue weighted by molar-refractivity contribution is 5.23. The van der Waals surface area contributed by atoms with E-state index in [0.717, 1.165) is 25.8 Å². The van der Waals surface area contributed by atoms with Crippen LogP contribution in [0, 0.1) is 0 Å². The summed E-state index contributed by atoms with van der Waals surface area (Å²) >= 11 is 0. The summed E-state index contributed by atoms with van der Waals surface area (Å²) in [6, 6.07) is 9.62. The number of ether oxygens (including phenoxy) is 1. The van der Waals surface area contributed by atoms with Gasteiger partial charge < -0.3 is 10.1 Å². The molecule has 114 valence electrons. The minimum absolute atomic E-state index is 0.350. The smallest absolute Gasteiger partial charge is 0.0543 e. The number of aryl methyl sites for hydroxylation is 1. The maximum atomic E-state index is 5.36.